The number of methoxy groups -OCH3 is 1. The number of hydrogen-bond acceptors (Lipinski definition) is 3. The Bertz CT molecular complexity index is 573. The molecule has 0 bridgehead atoms. The van der Waals surface area contributed by atoms with E-state index in [2.05, 4.69) is 6.92 Å². The molecule has 0 aliphatic carbocycles. The molecule has 0 spiro atoms. The SMILES string of the molecule is CCCCN(C)C(=O)C1CC(=O)N(CCc2ccccc2OC)C1. The number of rotatable bonds is 8. The van der Waals surface area contributed by atoms with E-state index >= 15 is 0 Å². The average Bonchev–Trinajstić information content (AvgIpc) is 2.98. The number of para-hydroxylation sites is 1. The monoisotopic (exact) mass is 332 g/mol. The zero-order valence-corrected chi connectivity index (χ0v) is 15.0. The minimum absolute atomic E-state index is 0.0761. The van der Waals surface area contributed by atoms with E-state index in [4.69, 9.17) is 4.74 Å². The Morgan fingerprint density at radius 2 is 2.12 bits per heavy atom. The highest BCUT2D eigenvalue weighted by atomic mass is 16.5. The minimum Gasteiger partial charge on any atom is -0.496 e. The maximum absolute atomic E-state index is 12.4. The predicted molar refractivity (Wildman–Crippen MR) is 93.9 cm³/mol. The molecular formula is C19H28N2O3. The Labute approximate surface area is 144 Å². The number of carbonyl (C=O) groups is 2. The Hall–Kier alpha value is -2.04. The summed E-state index contributed by atoms with van der Waals surface area (Å²) in [5, 5.41) is 0. The molecule has 2 rings (SSSR count). The molecule has 1 atom stereocenters. The maximum atomic E-state index is 12.4. The van der Waals surface area contributed by atoms with Gasteiger partial charge in [0.15, 0.2) is 0 Å². The van der Waals surface area contributed by atoms with Crippen LogP contribution in [0, 0.1) is 5.92 Å². The topological polar surface area (TPSA) is 49.9 Å². The summed E-state index contributed by atoms with van der Waals surface area (Å²) >= 11 is 0. The molecule has 1 aliphatic rings. The van der Waals surface area contributed by atoms with Crippen molar-refractivity contribution in [2.24, 2.45) is 5.92 Å². The molecule has 1 aromatic carbocycles. The van der Waals surface area contributed by atoms with Gasteiger partial charge in [-0.15, -0.1) is 0 Å². The number of likely N-dealkylation sites (tertiary alicyclic amines) is 1. The molecule has 1 heterocycles. The summed E-state index contributed by atoms with van der Waals surface area (Å²) in [6, 6.07) is 7.85. The minimum atomic E-state index is -0.197. The van der Waals surface area contributed by atoms with Crippen molar-refractivity contribution in [1.29, 1.82) is 0 Å². The van der Waals surface area contributed by atoms with Gasteiger partial charge in [-0.05, 0) is 24.5 Å². The number of carbonyl (C=O) groups excluding carboxylic acids is 2. The van der Waals surface area contributed by atoms with Gasteiger partial charge in [-0.1, -0.05) is 31.5 Å². The highest BCUT2D eigenvalue weighted by molar-refractivity contribution is 5.89. The van der Waals surface area contributed by atoms with Crippen LogP contribution >= 0.6 is 0 Å². The van der Waals surface area contributed by atoms with Gasteiger partial charge < -0.3 is 14.5 Å². The van der Waals surface area contributed by atoms with Crippen molar-refractivity contribution in [2.75, 3.05) is 33.8 Å². The smallest absolute Gasteiger partial charge is 0.227 e. The van der Waals surface area contributed by atoms with Crippen molar-refractivity contribution in [3.63, 3.8) is 0 Å². The summed E-state index contributed by atoms with van der Waals surface area (Å²) in [7, 11) is 3.49. The molecular weight excluding hydrogens is 304 g/mol. The highest BCUT2D eigenvalue weighted by Crippen LogP contribution is 2.22. The van der Waals surface area contributed by atoms with Crippen LogP contribution < -0.4 is 4.74 Å². The molecule has 1 saturated heterocycles. The number of amides is 2. The van der Waals surface area contributed by atoms with E-state index in [0.717, 1.165) is 37.1 Å². The van der Waals surface area contributed by atoms with Gasteiger partial charge >= 0.3 is 0 Å². The van der Waals surface area contributed by atoms with Crippen LogP contribution in [0.25, 0.3) is 0 Å². The zero-order chi connectivity index (χ0) is 17.5. The van der Waals surface area contributed by atoms with Crippen LogP contribution in [-0.2, 0) is 16.0 Å². The highest BCUT2D eigenvalue weighted by Gasteiger charge is 2.35. The van der Waals surface area contributed by atoms with E-state index in [1.165, 1.54) is 0 Å². The first-order chi connectivity index (χ1) is 11.6. The first-order valence-corrected chi connectivity index (χ1v) is 8.71. The molecule has 132 valence electrons. The molecule has 5 heteroatoms. The lowest BCUT2D eigenvalue weighted by atomic mass is 10.1. The second kappa shape index (κ2) is 8.71. The third kappa shape index (κ3) is 4.49. The second-order valence-electron chi connectivity index (χ2n) is 6.42. The van der Waals surface area contributed by atoms with Gasteiger partial charge in [0.1, 0.15) is 5.75 Å². The fourth-order valence-electron chi connectivity index (χ4n) is 3.14. The van der Waals surface area contributed by atoms with Gasteiger partial charge in [-0.2, -0.15) is 0 Å². The molecule has 0 N–H and O–H groups in total. The van der Waals surface area contributed by atoms with E-state index in [1.54, 1.807) is 12.0 Å². The van der Waals surface area contributed by atoms with Crippen LogP contribution in [0.15, 0.2) is 24.3 Å². The van der Waals surface area contributed by atoms with Gasteiger partial charge in [-0.3, -0.25) is 9.59 Å². The van der Waals surface area contributed by atoms with Crippen molar-refractivity contribution < 1.29 is 14.3 Å². The van der Waals surface area contributed by atoms with Crippen molar-refractivity contribution in [3.8, 4) is 5.75 Å². The summed E-state index contributed by atoms with van der Waals surface area (Å²) in [6.45, 7) is 4.03. The molecule has 1 aliphatic heterocycles. The van der Waals surface area contributed by atoms with Gasteiger partial charge in [0.05, 0.1) is 13.0 Å². The van der Waals surface area contributed by atoms with E-state index in [9.17, 15) is 9.59 Å². The average molecular weight is 332 g/mol. The summed E-state index contributed by atoms with van der Waals surface area (Å²) in [5.41, 5.74) is 1.09. The Kier molecular flexibility index (Phi) is 6.64. The van der Waals surface area contributed by atoms with Crippen LogP contribution in [0.3, 0.4) is 0 Å². The molecule has 1 unspecified atom stereocenters. The fraction of sp³-hybridized carbons (Fsp3) is 0.579. The summed E-state index contributed by atoms with van der Waals surface area (Å²) in [5.74, 6) is 0.817. The van der Waals surface area contributed by atoms with Gasteiger partial charge in [0.25, 0.3) is 0 Å². The Morgan fingerprint density at radius 1 is 1.38 bits per heavy atom. The number of nitrogens with zero attached hydrogens (tertiary/aromatic N) is 2. The number of hydrogen-bond donors (Lipinski definition) is 0. The Balaban J connectivity index is 1.89. The first-order valence-electron chi connectivity index (χ1n) is 8.71. The third-order valence-corrected chi connectivity index (χ3v) is 4.63. The van der Waals surface area contributed by atoms with Crippen LogP contribution in [0.2, 0.25) is 0 Å². The zero-order valence-electron chi connectivity index (χ0n) is 15.0. The summed E-state index contributed by atoms with van der Waals surface area (Å²) < 4.78 is 5.35. The van der Waals surface area contributed by atoms with Crippen molar-refractivity contribution in [1.82, 2.24) is 9.80 Å². The fourth-order valence-corrected chi connectivity index (χ4v) is 3.14. The van der Waals surface area contributed by atoms with E-state index < -0.39 is 0 Å². The number of ether oxygens (including phenoxy) is 1. The van der Waals surface area contributed by atoms with Crippen LogP contribution in [0.5, 0.6) is 5.75 Å². The van der Waals surface area contributed by atoms with E-state index in [1.807, 2.05) is 36.2 Å². The van der Waals surface area contributed by atoms with Crippen molar-refractivity contribution >= 4 is 11.8 Å². The quantitative estimate of drug-likeness (QED) is 0.734. The van der Waals surface area contributed by atoms with Gasteiger partial charge in [0, 0.05) is 33.1 Å². The second-order valence-corrected chi connectivity index (χ2v) is 6.42. The molecule has 0 saturated carbocycles. The van der Waals surface area contributed by atoms with Gasteiger partial charge in [0.2, 0.25) is 11.8 Å². The molecule has 1 aromatic rings. The van der Waals surface area contributed by atoms with Crippen molar-refractivity contribution in [3.05, 3.63) is 29.8 Å². The lowest BCUT2D eigenvalue weighted by Crippen LogP contribution is -2.35. The number of benzene rings is 1. The third-order valence-electron chi connectivity index (χ3n) is 4.63. The molecule has 0 aromatic heterocycles. The number of unbranched alkanes of at least 4 members (excludes halogenated alkanes) is 1. The maximum Gasteiger partial charge on any atom is 0.227 e. The van der Waals surface area contributed by atoms with Crippen LogP contribution in [-0.4, -0.2) is 55.4 Å². The summed E-state index contributed by atoms with van der Waals surface area (Å²) in [4.78, 5) is 28.2. The first kappa shape index (κ1) is 18.3. The molecule has 2 amide bonds. The standard InChI is InChI=1S/C19H28N2O3/c1-4-5-11-20(2)19(23)16-13-18(22)21(14-16)12-10-15-8-6-7-9-17(15)24-3/h6-9,16H,4-5,10-14H2,1-3H3. The lowest BCUT2D eigenvalue weighted by Gasteiger charge is -2.21. The predicted octanol–water partition coefficient (Wildman–Crippen LogP) is 2.34. The van der Waals surface area contributed by atoms with E-state index in [0.29, 0.717) is 19.5 Å². The largest absolute Gasteiger partial charge is 0.496 e. The van der Waals surface area contributed by atoms with E-state index in [-0.39, 0.29) is 17.7 Å². The van der Waals surface area contributed by atoms with Gasteiger partial charge in [-0.25, -0.2) is 0 Å². The van der Waals surface area contributed by atoms with Crippen molar-refractivity contribution in [2.45, 2.75) is 32.6 Å². The molecule has 1 fully saturated rings. The van der Waals surface area contributed by atoms with Crippen LogP contribution in [0.1, 0.15) is 31.7 Å². The summed E-state index contributed by atoms with van der Waals surface area (Å²) in [6.07, 6.45) is 3.14. The molecule has 24 heavy (non-hydrogen) atoms. The normalized spacial score (nSPS) is 17.2. The Morgan fingerprint density at radius 3 is 2.83 bits per heavy atom. The van der Waals surface area contributed by atoms with Crippen LogP contribution in [0.4, 0.5) is 0 Å². The lowest BCUT2D eigenvalue weighted by molar-refractivity contribution is -0.134. The molecule has 5 nitrogen and oxygen atoms in total. The molecule has 0 radical (unpaired) electrons.